The smallest absolute Gasteiger partial charge is 0.386 e. The third kappa shape index (κ3) is 5.97. The number of aromatic nitrogens is 6. The quantitative estimate of drug-likeness (QED) is 0.168. The van der Waals surface area contributed by atoms with Crippen LogP contribution in [0.3, 0.4) is 0 Å². The number of nitrogens with two attached hydrogens (primary N) is 1. The van der Waals surface area contributed by atoms with Gasteiger partial charge in [-0.1, -0.05) is 35.5 Å². The van der Waals surface area contributed by atoms with Crippen molar-refractivity contribution < 1.29 is 46.5 Å². The molecule has 0 radical (unpaired) electrons. The van der Waals surface area contributed by atoms with Crippen LogP contribution in [-0.2, 0) is 43.9 Å². The standard InChI is InChI=1S/C22H21Cl3FN7O9P2S2/c23-7-1-9-10(2-8(7)24)33(22(25)31-9)21-15(34)17-12(40-21)4-38-43(35,45)41-16-11(3-37-44(36,46)42-17)39-20(13(16)26)32-6-30-14-18(27)28-5-29-19(14)32/h1-2,5-6,11-13,15-17,20-21,34H,3-4H2,(H,35,45)(H,36,46)(H2,27,28,29)/t11-,12-,13+,15?,16?,17+,20-,21-,43?,44?/m1/s1. The van der Waals surface area contributed by atoms with E-state index in [0.29, 0.717) is 11.0 Å². The monoisotopic (exact) mass is 777 g/mol. The number of hydrogen-bond acceptors (Lipinski definition) is 14. The molecule has 4 N–H and O–H groups in total. The Labute approximate surface area is 283 Å². The third-order valence-electron chi connectivity index (χ3n) is 7.49. The fraction of sp³-hybridized carbons (Fsp3) is 0.455. The van der Waals surface area contributed by atoms with Crippen LogP contribution in [-0.4, -0.2) is 89.0 Å². The molecule has 4 unspecified atom stereocenters. The number of nitrogen functional groups attached to an aromatic ring is 1. The number of nitrogens with zero attached hydrogens (tertiary/aromatic N) is 6. The summed E-state index contributed by atoms with van der Waals surface area (Å²) < 4.78 is 66.2. The predicted octanol–water partition coefficient (Wildman–Crippen LogP) is 3.98. The van der Waals surface area contributed by atoms with Gasteiger partial charge in [0.05, 0.1) is 40.6 Å². The van der Waals surface area contributed by atoms with Crippen LogP contribution in [0.1, 0.15) is 12.5 Å². The minimum Gasteiger partial charge on any atom is -0.386 e. The van der Waals surface area contributed by atoms with Gasteiger partial charge < -0.3 is 29.7 Å². The first-order valence-corrected chi connectivity index (χ1v) is 19.5. The molecule has 3 saturated heterocycles. The van der Waals surface area contributed by atoms with E-state index in [1.54, 1.807) is 0 Å². The van der Waals surface area contributed by atoms with Crippen molar-refractivity contribution >= 4 is 100 Å². The summed E-state index contributed by atoms with van der Waals surface area (Å²) in [5.74, 6) is 0.0588. The summed E-state index contributed by atoms with van der Waals surface area (Å²) in [4.78, 5) is 27.3. The summed E-state index contributed by atoms with van der Waals surface area (Å²) in [7, 11) is 0. The van der Waals surface area contributed by atoms with Crippen LogP contribution in [0, 0.1) is 0 Å². The van der Waals surface area contributed by atoms with Crippen molar-refractivity contribution in [2.75, 3.05) is 18.9 Å². The van der Waals surface area contributed by atoms with E-state index in [9.17, 15) is 14.6 Å². The van der Waals surface area contributed by atoms with Crippen molar-refractivity contribution in [3.63, 3.8) is 0 Å². The summed E-state index contributed by atoms with van der Waals surface area (Å²) in [6, 6.07) is 2.95. The molecule has 6 heterocycles. The van der Waals surface area contributed by atoms with Crippen molar-refractivity contribution in [3.8, 4) is 0 Å². The Morgan fingerprint density at radius 2 is 1.74 bits per heavy atom. The predicted molar refractivity (Wildman–Crippen MR) is 168 cm³/mol. The Bertz CT molecular complexity index is 1950. The topological polar surface area (TPSA) is 200 Å². The number of alkyl halides is 1. The van der Waals surface area contributed by atoms with E-state index in [1.165, 1.54) is 33.9 Å². The van der Waals surface area contributed by atoms with Crippen molar-refractivity contribution in [1.29, 1.82) is 0 Å². The second-order valence-corrected chi connectivity index (χ2v) is 17.1. The van der Waals surface area contributed by atoms with E-state index in [2.05, 4.69) is 32.2 Å². The number of imidazole rings is 2. The highest BCUT2D eigenvalue weighted by Crippen LogP contribution is 2.58. The summed E-state index contributed by atoms with van der Waals surface area (Å²) in [6.07, 6.45) is -9.49. The highest BCUT2D eigenvalue weighted by molar-refractivity contribution is 8.44. The molecular weight excluding hydrogens is 758 g/mol. The van der Waals surface area contributed by atoms with Crippen molar-refractivity contribution in [3.05, 3.63) is 40.1 Å². The van der Waals surface area contributed by atoms with E-state index >= 15 is 4.39 Å². The number of hydrogen-bond donors (Lipinski definition) is 4. The maximum atomic E-state index is 16.0. The minimum atomic E-state index is -4.37. The summed E-state index contributed by atoms with van der Waals surface area (Å²) in [5.41, 5.74) is 6.89. The molecule has 248 valence electrons. The van der Waals surface area contributed by atoms with E-state index < -0.39 is 75.9 Å². The zero-order chi connectivity index (χ0) is 32.7. The Morgan fingerprint density at radius 1 is 1.04 bits per heavy atom. The lowest BCUT2D eigenvalue weighted by Gasteiger charge is -2.29. The van der Waals surface area contributed by atoms with Gasteiger partial charge in [-0.25, -0.2) is 28.9 Å². The molecule has 0 saturated carbocycles. The van der Waals surface area contributed by atoms with Gasteiger partial charge in [0, 0.05) is 0 Å². The Morgan fingerprint density at radius 3 is 2.52 bits per heavy atom. The molecule has 10 atom stereocenters. The number of thiol groups is 1. The maximum absolute atomic E-state index is 16.0. The van der Waals surface area contributed by atoms with Gasteiger partial charge in [0.25, 0.3) is 0 Å². The normalized spacial score (nSPS) is 37.2. The van der Waals surface area contributed by atoms with Gasteiger partial charge >= 0.3 is 13.5 Å². The molecule has 16 nitrogen and oxygen atoms in total. The van der Waals surface area contributed by atoms with Crippen LogP contribution in [0.15, 0.2) is 24.8 Å². The first-order valence-electron chi connectivity index (χ1n) is 13.1. The average Bonchev–Trinajstić information content (AvgIpc) is 3.71. The van der Waals surface area contributed by atoms with Gasteiger partial charge in [0.1, 0.15) is 42.4 Å². The molecule has 0 bridgehead atoms. The van der Waals surface area contributed by atoms with Crippen LogP contribution in [0.25, 0.3) is 22.2 Å². The minimum absolute atomic E-state index is 0.0588. The highest BCUT2D eigenvalue weighted by atomic mass is 35.5. The number of anilines is 1. The van der Waals surface area contributed by atoms with Crippen LogP contribution >= 0.6 is 60.6 Å². The summed E-state index contributed by atoms with van der Waals surface area (Å²) in [5, 5.41) is 11.7. The lowest BCUT2D eigenvalue weighted by Crippen LogP contribution is -2.38. The van der Waals surface area contributed by atoms with Crippen molar-refractivity contribution in [2.45, 2.75) is 49.1 Å². The Balaban J connectivity index is 1.18. The van der Waals surface area contributed by atoms with Crippen LogP contribution < -0.4 is 5.73 Å². The molecule has 1 aromatic carbocycles. The molecule has 3 fully saturated rings. The number of benzene rings is 1. The molecule has 7 rings (SSSR count). The number of aliphatic hydroxyl groups is 1. The molecule has 46 heavy (non-hydrogen) atoms. The second-order valence-electron chi connectivity index (χ2n) is 10.3. The van der Waals surface area contributed by atoms with Crippen LogP contribution in [0.5, 0.6) is 0 Å². The second kappa shape index (κ2) is 12.3. The summed E-state index contributed by atoms with van der Waals surface area (Å²) in [6.45, 7) is -9.77. The van der Waals surface area contributed by atoms with Crippen LogP contribution in [0.2, 0.25) is 15.3 Å². The molecule has 3 aliphatic heterocycles. The first kappa shape index (κ1) is 33.3. The van der Waals surface area contributed by atoms with E-state index in [1.807, 2.05) is 0 Å². The van der Waals surface area contributed by atoms with Gasteiger partial charge in [-0.05, 0) is 35.5 Å². The zero-order valence-corrected chi connectivity index (χ0v) is 28.4. The fourth-order valence-electron chi connectivity index (χ4n) is 5.44. The molecule has 3 aromatic heterocycles. The van der Waals surface area contributed by atoms with Gasteiger partial charge in [-0.15, -0.1) is 0 Å². The van der Waals surface area contributed by atoms with E-state index in [-0.39, 0.29) is 32.3 Å². The van der Waals surface area contributed by atoms with Crippen molar-refractivity contribution in [2.24, 2.45) is 0 Å². The molecule has 0 amide bonds. The number of aliphatic hydroxyl groups excluding tert-OH is 1. The zero-order valence-electron chi connectivity index (χ0n) is 22.6. The largest absolute Gasteiger partial charge is 0.386 e. The number of halogens is 4. The Kier molecular flexibility index (Phi) is 8.87. The fourth-order valence-corrected chi connectivity index (χ4v) is 8.96. The van der Waals surface area contributed by atoms with Gasteiger partial charge in [0.2, 0.25) is 5.28 Å². The lowest BCUT2D eigenvalue weighted by molar-refractivity contribution is -0.0568. The molecule has 4 aromatic rings. The van der Waals surface area contributed by atoms with Crippen molar-refractivity contribution in [1.82, 2.24) is 29.1 Å². The number of ether oxygens (including phenoxy) is 2. The SMILES string of the molecule is Nc1ncnc2c1ncn2[C@@H]1O[C@@H]2COP(O)(=S)O[C@@H]3C(O)[C@H](n4c(Cl)nc5cc(Cl)c(Cl)cc54)O[C@@H]3COP(=O)(S)OC2[C@@H]1F. The first-order chi connectivity index (χ1) is 21.7. The van der Waals surface area contributed by atoms with Crippen LogP contribution in [0.4, 0.5) is 10.2 Å². The lowest BCUT2D eigenvalue weighted by atomic mass is 10.1. The molecule has 3 aliphatic rings. The summed E-state index contributed by atoms with van der Waals surface area (Å²) >= 11 is 28.0. The number of rotatable bonds is 2. The van der Waals surface area contributed by atoms with Gasteiger partial charge in [-0.2, -0.15) is 0 Å². The number of fused-ring (bicyclic) bond motifs is 4. The highest BCUT2D eigenvalue weighted by Gasteiger charge is 2.53. The molecule has 0 spiro atoms. The maximum Gasteiger partial charge on any atom is 0.386 e. The third-order valence-corrected chi connectivity index (χ3v) is 11.7. The van der Waals surface area contributed by atoms with E-state index in [4.69, 9.17) is 79.9 Å². The van der Waals surface area contributed by atoms with E-state index in [0.717, 1.165) is 0 Å². The average molecular weight is 779 g/mol. The van der Waals surface area contributed by atoms with Gasteiger partial charge in [0.15, 0.2) is 30.1 Å². The molecule has 24 heteroatoms. The van der Waals surface area contributed by atoms with Gasteiger partial charge in [-0.3, -0.25) is 22.7 Å². The molecule has 0 aliphatic carbocycles. The Hall–Kier alpha value is -1.25. The molecular formula is C22H21Cl3FN7O9P2S2.